The van der Waals surface area contributed by atoms with Crippen molar-refractivity contribution in [3.8, 4) is 11.3 Å². The molecule has 0 aliphatic rings. The molecule has 0 radical (unpaired) electrons. The van der Waals surface area contributed by atoms with Gasteiger partial charge in [-0.2, -0.15) is 0 Å². The van der Waals surface area contributed by atoms with Crippen molar-refractivity contribution in [1.82, 2.24) is 4.98 Å². The van der Waals surface area contributed by atoms with Gasteiger partial charge in [-0.05, 0) is 55.0 Å². The van der Waals surface area contributed by atoms with Crippen LogP contribution in [0.25, 0.3) is 11.3 Å². The van der Waals surface area contributed by atoms with Crippen molar-refractivity contribution in [3.63, 3.8) is 0 Å². The van der Waals surface area contributed by atoms with Crippen LogP contribution in [0.1, 0.15) is 5.56 Å². The second-order valence-corrected chi connectivity index (χ2v) is 6.22. The Morgan fingerprint density at radius 2 is 1.96 bits per heavy atom. The van der Waals surface area contributed by atoms with E-state index < -0.39 is 0 Å². The quantitative estimate of drug-likeness (QED) is 0.673. The monoisotopic (exact) mass is 360 g/mol. The lowest BCUT2D eigenvalue weighted by Gasteiger charge is -2.05. The zero-order valence-corrected chi connectivity index (χ0v) is 14.1. The van der Waals surface area contributed by atoms with Crippen LogP contribution in [0.15, 0.2) is 58.3 Å². The maximum Gasteiger partial charge on any atom is 0.256 e. The number of anilines is 1. The van der Waals surface area contributed by atoms with Crippen molar-refractivity contribution in [1.29, 1.82) is 0 Å². The van der Waals surface area contributed by atoms with Crippen molar-refractivity contribution in [2.45, 2.75) is 12.1 Å². The number of hydrogen-bond acceptors (Lipinski definition) is 4. The molecule has 2 aromatic carbocycles. The first-order valence-electron chi connectivity index (χ1n) is 7.42. The van der Waals surface area contributed by atoms with E-state index in [1.807, 2.05) is 0 Å². The average Bonchev–Trinajstić information content (AvgIpc) is 3.06. The largest absolute Gasteiger partial charge is 0.431 e. The minimum Gasteiger partial charge on any atom is -0.431 e. The first-order chi connectivity index (χ1) is 12.0. The maximum absolute atomic E-state index is 13.2. The molecule has 3 rings (SSSR count). The van der Waals surface area contributed by atoms with Gasteiger partial charge in [-0.25, -0.2) is 13.8 Å². The Morgan fingerprint density at radius 1 is 1.20 bits per heavy atom. The summed E-state index contributed by atoms with van der Waals surface area (Å²) in [6.07, 6.45) is 1.52. The highest BCUT2D eigenvalue weighted by Crippen LogP contribution is 2.25. The normalized spacial score (nSPS) is 10.7. The van der Waals surface area contributed by atoms with Crippen molar-refractivity contribution in [2.75, 3.05) is 11.1 Å². The van der Waals surface area contributed by atoms with Crippen LogP contribution in [0.3, 0.4) is 0 Å². The van der Waals surface area contributed by atoms with Crippen LogP contribution in [0.4, 0.5) is 14.5 Å². The van der Waals surface area contributed by atoms with E-state index in [9.17, 15) is 13.6 Å². The van der Waals surface area contributed by atoms with Gasteiger partial charge in [0, 0.05) is 11.3 Å². The number of oxazole rings is 1. The fourth-order valence-corrected chi connectivity index (χ4v) is 2.72. The van der Waals surface area contributed by atoms with Crippen LogP contribution in [-0.2, 0) is 4.79 Å². The highest BCUT2D eigenvalue weighted by Gasteiger charge is 2.10. The molecule has 0 saturated carbocycles. The molecule has 0 fully saturated rings. The summed E-state index contributed by atoms with van der Waals surface area (Å²) in [5.41, 5.74) is 1.69. The van der Waals surface area contributed by atoms with Gasteiger partial charge in [0.05, 0.1) is 11.9 Å². The zero-order valence-electron chi connectivity index (χ0n) is 13.3. The lowest BCUT2D eigenvalue weighted by molar-refractivity contribution is -0.113. The summed E-state index contributed by atoms with van der Waals surface area (Å²) in [4.78, 5) is 16.1. The van der Waals surface area contributed by atoms with Crippen LogP contribution < -0.4 is 5.32 Å². The van der Waals surface area contributed by atoms with Crippen LogP contribution in [-0.4, -0.2) is 16.6 Å². The summed E-state index contributed by atoms with van der Waals surface area (Å²) in [7, 11) is 0. The number of hydrogen-bond donors (Lipinski definition) is 1. The lowest BCUT2D eigenvalue weighted by Crippen LogP contribution is -2.14. The van der Waals surface area contributed by atoms with Crippen LogP contribution >= 0.6 is 11.8 Å². The smallest absolute Gasteiger partial charge is 0.256 e. The molecule has 0 saturated heterocycles. The molecule has 0 unspecified atom stereocenters. The van der Waals surface area contributed by atoms with Gasteiger partial charge < -0.3 is 9.73 Å². The van der Waals surface area contributed by atoms with E-state index in [0.717, 1.165) is 11.8 Å². The van der Waals surface area contributed by atoms with E-state index in [2.05, 4.69) is 10.3 Å². The first-order valence-corrected chi connectivity index (χ1v) is 8.40. The van der Waals surface area contributed by atoms with E-state index in [0.29, 0.717) is 27.8 Å². The van der Waals surface area contributed by atoms with Crippen molar-refractivity contribution < 1.29 is 18.0 Å². The maximum atomic E-state index is 13.2. The number of halogens is 2. The topological polar surface area (TPSA) is 55.1 Å². The molecular formula is C18H14F2N2O2S. The lowest BCUT2D eigenvalue weighted by atomic mass is 10.2. The Hall–Kier alpha value is -2.67. The molecule has 3 aromatic rings. The van der Waals surface area contributed by atoms with Crippen LogP contribution in [0.5, 0.6) is 0 Å². The Bertz CT molecular complexity index is 894. The van der Waals surface area contributed by atoms with Crippen molar-refractivity contribution in [2.24, 2.45) is 0 Å². The number of aryl methyl sites for hydroxylation is 1. The SMILES string of the molecule is Cc1cc(NC(=O)CSc2ncc(-c3ccc(F)cc3)o2)ccc1F. The number of nitrogens with zero attached hydrogens (tertiary/aromatic N) is 1. The summed E-state index contributed by atoms with van der Waals surface area (Å²) in [5.74, 6) is -0.305. The van der Waals surface area contributed by atoms with E-state index in [1.54, 1.807) is 25.1 Å². The van der Waals surface area contributed by atoms with Crippen molar-refractivity contribution >= 4 is 23.4 Å². The molecule has 7 heteroatoms. The number of thioether (sulfide) groups is 1. The van der Waals surface area contributed by atoms with Crippen LogP contribution in [0.2, 0.25) is 0 Å². The molecule has 1 N–H and O–H groups in total. The van der Waals surface area contributed by atoms with Crippen LogP contribution in [0, 0.1) is 18.6 Å². The number of benzene rings is 2. The third kappa shape index (κ3) is 4.45. The molecule has 0 aliphatic heterocycles. The fraction of sp³-hybridized carbons (Fsp3) is 0.111. The first kappa shape index (κ1) is 17.2. The number of rotatable bonds is 5. The number of carbonyl (C=O) groups is 1. The zero-order chi connectivity index (χ0) is 17.8. The molecule has 0 bridgehead atoms. The highest BCUT2D eigenvalue weighted by molar-refractivity contribution is 7.99. The molecule has 1 aromatic heterocycles. The Balaban J connectivity index is 1.57. The van der Waals surface area contributed by atoms with E-state index in [1.165, 1.54) is 30.5 Å². The Morgan fingerprint density at radius 3 is 2.68 bits per heavy atom. The van der Waals surface area contributed by atoms with E-state index in [4.69, 9.17) is 4.42 Å². The Labute approximate surface area is 147 Å². The summed E-state index contributed by atoms with van der Waals surface area (Å²) in [6, 6.07) is 10.2. The summed E-state index contributed by atoms with van der Waals surface area (Å²) in [6.45, 7) is 1.63. The average molecular weight is 360 g/mol. The second-order valence-electron chi connectivity index (χ2n) is 5.30. The Kier molecular flexibility index (Phi) is 5.14. The van der Waals surface area contributed by atoms with Gasteiger partial charge >= 0.3 is 0 Å². The number of amides is 1. The van der Waals surface area contributed by atoms with Gasteiger partial charge in [-0.1, -0.05) is 11.8 Å². The number of nitrogens with one attached hydrogen (secondary N) is 1. The van der Waals surface area contributed by atoms with Gasteiger partial charge in [-0.3, -0.25) is 4.79 Å². The number of aromatic nitrogens is 1. The predicted octanol–water partition coefficient (Wildman–Crippen LogP) is 4.66. The third-order valence-electron chi connectivity index (χ3n) is 3.38. The third-order valence-corrected chi connectivity index (χ3v) is 4.22. The molecule has 1 heterocycles. The van der Waals surface area contributed by atoms with E-state index in [-0.39, 0.29) is 23.3 Å². The van der Waals surface area contributed by atoms with Gasteiger partial charge in [0.15, 0.2) is 5.76 Å². The molecule has 4 nitrogen and oxygen atoms in total. The molecular weight excluding hydrogens is 346 g/mol. The second kappa shape index (κ2) is 7.48. The van der Waals surface area contributed by atoms with E-state index >= 15 is 0 Å². The molecule has 0 aliphatic carbocycles. The standard InChI is InChI=1S/C18H14F2N2O2S/c1-11-8-14(6-7-15(11)20)22-17(23)10-25-18-21-9-16(24-18)12-2-4-13(19)5-3-12/h2-9H,10H2,1H3,(H,22,23). The number of carbonyl (C=O) groups excluding carboxylic acids is 1. The summed E-state index contributed by atoms with van der Waals surface area (Å²) >= 11 is 1.14. The minimum absolute atomic E-state index is 0.0970. The minimum atomic E-state index is -0.328. The van der Waals surface area contributed by atoms with Crippen molar-refractivity contribution in [3.05, 3.63) is 65.9 Å². The molecule has 0 spiro atoms. The predicted molar refractivity (Wildman–Crippen MR) is 92.4 cm³/mol. The fourth-order valence-electron chi connectivity index (χ4n) is 2.12. The van der Waals surface area contributed by atoms with Gasteiger partial charge in [-0.15, -0.1) is 0 Å². The van der Waals surface area contributed by atoms with Gasteiger partial charge in [0.25, 0.3) is 5.22 Å². The molecule has 1 amide bonds. The van der Waals surface area contributed by atoms with Gasteiger partial charge in [0.1, 0.15) is 11.6 Å². The summed E-state index contributed by atoms with van der Waals surface area (Å²) in [5, 5.41) is 3.03. The molecule has 0 atom stereocenters. The molecule has 128 valence electrons. The van der Waals surface area contributed by atoms with Gasteiger partial charge in [0.2, 0.25) is 5.91 Å². The molecule has 25 heavy (non-hydrogen) atoms. The summed E-state index contributed by atoms with van der Waals surface area (Å²) < 4.78 is 31.7. The highest BCUT2D eigenvalue weighted by atomic mass is 32.2.